The Hall–Kier alpha value is -3.26. The van der Waals surface area contributed by atoms with Gasteiger partial charge >= 0.3 is 0 Å². The van der Waals surface area contributed by atoms with E-state index in [9.17, 15) is 14.3 Å². The van der Waals surface area contributed by atoms with Crippen LogP contribution >= 0.6 is 0 Å². The maximum atomic E-state index is 13.2. The normalized spacial score (nSPS) is 11.9. The minimum atomic E-state index is -0.735. The van der Waals surface area contributed by atoms with Crippen LogP contribution in [0.25, 0.3) is 23.4 Å². The highest BCUT2D eigenvalue weighted by atomic mass is 19.1. The van der Waals surface area contributed by atoms with Crippen molar-refractivity contribution in [2.45, 2.75) is 26.3 Å². The maximum absolute atomic E-state index is 13.2. The van der Waals surface area contributed by atoms with E-state index in [4.69, 9.17) is 4.52 Å². The van der Waals surface area contributed by atoms with Crippen molar-refractivity contribution in [3.63, 3.8) is 0 Å². The Morgan fingerprint density at radius 2 is 2.00 bits per heavy atom. The fourth-order valence-electron chi connectivity index (χ4n) is 2.75. The number of benzene rings is 1. The van der Waals surface area contributed by atoms with Crippen molar-refractivity contribution in [1.82, 2.24) is 20.3 Å². The highest BCUT2D eigenvalue weighted by Crippen LogP contribution is 2.27. The molecule has 3 rings (SSSR count). The first-order valence-electron chi connectivity index (χ1n) is 9.08. The molecule has 3 aromatic rings. The highest BCUT2D eigenvalue weighted by molar-refractivity contribution is 5.93. The summed E-state index contributed by atoms with van der Waals surface area (Å²) in [6.45, 7) is 5.07. The van der Waals surface area contributed by atoms with E-state index < -0.39 is 5.54 Å². The van der Waals surface area contributed by atoms with Gasteiger partial charge in [0.1, 0.15) is 23.0 Å². The number of carbonyl (C=O) groups excluding carboxylic acids is 1. The lowest BCUT2D eigenvalue weighted by atomic mass is 10.1. The second kappa shape index (κ2) is 8.00. The number of carbonyl (C=O) groups is 1. The van der Waals surface area contributed by atoms with Crippen LogP contribution in [0.15, 0.2) is 34.9 Å². The Balaban J connectivity index is 1.86. The van der Waals surface area contributed by atoms with E-state index >= 15 is 0 Å². The van der Waals surface area contributed by atoms with Gasteiger partial charge in [-0.15, -0.1) is 0 Å². The number of amides is 1. The van der Waals surface area contributed by atoms with E-state index in [1.54, 1.807) is 58.2 Å². The lowest BCUT2D eigenvalue weighted by Gasteiger charge is -2.23. The van der Waals surface area contributed by atoms with Gasteiger partial charge in [-0.25, -0.2) is 4.39 Å². The van der Waals surface area contributed by atoms with Gasteiger partial charge in [0.05, 0.1) is 17.8 Å². The zero-order valence-electron chi connectivity index (χ0n) is 16.7. The Morgan fingerprint density at radius 3 is 2.66 bits per heavy atom. The summed E-state index contributed by atoms with van der Waals surface area (Å²) >= 11 is 0. The summed E-state index contributed by atoms with van der Waals surface area (Å²) in [6, 6.07) is 7.65. The van der Waals surface area contributed by atoms with Crippen molar-refractivity contribution >= 4 is 18.1 Å². The van der Waals surface area contributed by atoms with Gasteiger partial charge in [-0.05, 0) is 63.3 Å². The van der Waals surface area contributed by atoms with E-state index in [1.165, 1.54) is 16.8 Å². The van der Waals surface area contributed by atoms with Gasteiger partial charge in [0.15, 0.2) is 0 Å². The molecule has 152 valence electrons. The number of hydrogen-bond acceptors (Lipinski definition) is 5. The van der Waals surface area contributed by atoms with Gasteiger partial charge in [-0.2, -0.15) is 5.10 Å². The van der Waals surface area contributed by atoms with E-state index in [2.05, 4.69) is 15.6 Å². The molecule has 0 saturated heterocycles. The number of aliphatic hydroxyl groups is 1. The Labute approximate surface area is 167 Å². The van der Waals surface area contributed by atoms with Crippen molar-refractivity contribution in [2.75, 3.05) is 6.61 Å². The van der Waals surface area contributed by atoms with Crippen molar-refractivity contribution < 1.29 is 18.8 Å². The van der Waals surface area contributed by atoms with E-state index in [0.717, 1.165) is 11.1 Å². The van der Waals surface area contributed by atoms with Crippen LogP contribution in [0, 0.1) is 12.7 Å². The Morgan fingerprint density at radius 1 is 1.31 bits per heavy atom. The van der Waals surface area contributed by atoms with E-state index in [0.29, 0.717) is 22.8 Å². The standard InChI is InChI=1S/C21H23FN4O3/c1-13-17(19(25-29-13)14-5-7-15(22)8-6-14)10-9-16-11-18(26(4)24-16)20(28)23-21(2,3)12-27/h5-11,27H,12H2,1-4H3,(H,23,28)/b10-9+. The van der Waals surface area contributed by atoms with Crippen LogP contribution in [-0.4, -0.2) is 38.1 Å². The number of aliphatic hydroxyl groups excluding tert-OH is 1. The molecular weight excluding hydrogens is 375 g/mol. The smallest absolute Gasteiger partial charge is 0.270 e. The molecule has 1 amide bonds. The van der Waals surface area contributed by atoms with Crippen molar-refractivity contribution in [3.05, 3.63) is 58.9 Å². The summed E-state index contributed by atoms with van der Waals surface area (Å²) in [7, 11) is 1.67. The molecule has 0 radical (unpaired) electrons. The lowest BCUT2D eigenvalue weighted by Crippen LogP contribution is -2.46. The zero-order chi connectivity index (χ0) is 21.2. The van der Waals surface area contributed by atoms with Gasteiger partial charge in [0.2, 0.25) is 0 Å². The zero-order valence-corrected chi connectivity index (χ0v) is 16.7. The Bertz CT molecular complexity index is 1050. The number of nitrogens with zero attached hydrogens (tertiary/aromatic N) is 3. The van der Waals surface area contributed by atoms with Crippen LogP contribution in [0.1, 0.15) is 41.4 Å². The third-order valence-corrected chi connectivity index (χ3v) is 4.43. The molecular formula is C21H23FN4O3. The summed E-state index contributed by atoms with van der Waals surface area (Å²) in [5, 5.41) is 20.5. The molecule has 0 unspecified atom stereocenters. The fraction of sp³-hybridized carbons (Fsp3) is 0.286. The molecule has 2 N–H and O–H groups in total. The lowest BCUT2D eigenvalue weighted by molar-refractivity contribution is 0.0859. The molecule has 0 saturated carbocycles. The molecule has 0 aliphatic heterocycles. The summed E-state index contributed by atoms with van der Waals surface area (Å²) in [6.07, 6.45) is 3.55. The number of hydrogen-bond donors (Lipinski definition) is 2. The average molecular weight is 398 g/mol. The first-order valence-corrected chi connectivity index (χ1v) is 9.08. The predicted octanol–water partition coefficient (Wildman–Crippen LogP) is 3.19. The average Bonchev–Trinajstić information content (AvgIpc) is 3.23. The molecule has 2 heterocycles. The molecule has 0 aliphatic rings. The van der Waals surface area contributed by atoms with E-state index in [1.807, 2.05) is 0 Å². The summed E-state index contributed by atoms with van der Waals surface area (Å²) in [5.41, 5.74) is 2.28. The molecule has 29 heavy (non-hydrogen) atoms. The second-order valence-corrected chi connectivity index (χ2v) is 7.42. The third-order valence-electron chi connectivity index (χ3n) is 4.43. The number of rotatable bonds is 6. The summed E-state index contributed by atoms with van der Waals surface area (Å²) in [5.74, 6) is -0.0410. The molecule has 0 aliphatic carbocycles. The number of aromatic nitrogens is 3. The quantitative estimate of drug-likeness (QED) is 0.665. The van der Waals surface area contributed by atoms with Crippen molar-refractivity contribution in [1.29, 1.82) is 0 Å². The van der Waals surface area contributed by atoms with Crippen LogP contribution in [0.4, 0.5) is 4.39 Å². The van der Waals surface area contributed by atoms with Gasteiger partial charge in [-0.1, -0.05) is 5.16 Å². The molecule has 7 nitrogen and oxygen atoms in total. The molecule has 2 aromatic heterocycles. The molecule has 0 atom stereocenters. The minimum absolute atomic E-state index is 0.178. The van der Waals surface area contributed by atoms with Gasteiger partial charge in [-0.3, -0.25) is 9.48 Å². The molecule has 8 heteroatoms. The summed E-state index contributed by atoms with van der Waals surface area (Å²) < 4.78 is 20.0. The van der Waals surface area contributed by atoms with Crippen LogP contribution in [-0.2, 0) is 7.05 Å². The summed E-state index contributed by atoms with van der Waals surface area (Å²) in [4.78, 5) is 12.4. The molecule has 0 spiro atoms. The second-order valence-electron chi connectivity index (χ2n) is 7.42. The van der Waals surface area contributed by atoms with Crippen LogP contribution in [0.5, 0.6) is 0 Å². The third kappa shape index (κ3) is 4.60. The Kier molecular flexibility index (Phi) is 5.65. The van der Waals surface area contributed by atoms with Gasteiger partial charge < -0.3 is 14.9 Å². The number of halogens is 1. The van der Waals surface area contributed by atoms with Gasteiger partial charge in [0, 0.05) is 18.2 Å². The fourth-order valence-corrected chi connectivity index (χ4v) is 2.75. The largest absolute Gasteiger partial charge is 0.394 e. The SMILES string of the molecule is Cc1onc(-c2ccc(F)cc2)c1/C=C/c1cc(C(=O)NC(C)(C)CO)n(C)n1. The maximum Gasteiger partial charge on any atom is 0.270 e. The number of nitrogens with one attached hydrogen (secondary N) is 1. The predicted molar refractivity (Wildman–Crippen MR) is 107 cm³/mol. The van der Waals surface area contributed by atoms with E-state index in [-0.39, 0.29) is 18.3 Å². The highest BCUT2D eigenvalue weighted by Gasteiger charge is 2.22. The first kappa shape index (κ1) is 20.5. The van der Waals surface area contributed by atoms with Crippen molar-refractivity contribution in [3.8, 4) is 11.3 Å². The minimum Gasteiger partial charge on any atom is -0.394 e. The monoisotopic (exact) mass is 398 g/mol. The molecule has 0 bridgehead atoms. The molecule has 0 fully saturated rings. The van der Waals surface area contributed by atoms with Crippen LogP contribution in [0.2, 0.25) is 0 Å². The van der Waals surface area contributed by atoms with Crippen molar-refractivity contribution in [2.24, 2.45) is 7.05 Å². The van der Waals surface area contributed by atoms with Crippen LogP contribution < -0.4 is 5.32 Å². The molecule has 1 aromatic carbocycles. The van der Waals surface area contributed by atoms with Gasteiger partial charge in [0.25, 0.3) is 5.91 Å². The number of aryl methyl sites for hydroxylation is 2. The first-order chi connectivity index (χ1) is 13.7. The van der Waals surface area contributed by atoms with Crippen LogP contribution in [0.3, 0.4) is 0 Å². The topological polar surface area (TPSA) is 93.2 Å².